The van der Waals surface area contributed by atoms with E-state index < -0.39 is 47.2 Å². The van der Waals surface area contributed by atoms with E-state index in [4.69, 9.17) is 13.8 Å². The molecule has 0 spiro atoms. The molecule has 0 saturated carbocycles. The maximum Gasteiger partial charge on any atom is 0.450 e. The van der Waals surface area contributed by atoms with Crippen LogP contribution < -0.4 is 9.05 Å². The van der Waals surface area contributed by atoms with Crippen molar-refractivity contribution < 1.29 is 36.4 Å². The minimum absolute atomic E-state index is 0.0102. The number of para-hydroxylation sites is 2. The largest absolute Gasteiger partial charge is 0.465 e. The third-order valence-corrected chi connectivity index (χ3v) is 7.84. The van der Waals surface area contributed by atoms with Gasteiger partial charge in [-0.3, -0.25) is 9.59 Å². The van der Waals surface area contributed by atoms with Crippen molar-refractivity contribution in [3.8, 4) is 11.5 Å². The Bertz CT molecular complexity index is 1260. The van der Waals surface area contributed by atoms with E-state index in [0.29, 0.717) is 10.5 Å². The zero-order valence-corrected chi connectivity index (χ0v) is 21.3. The number of carbonyl (C=O) groups is 2. The van der Waals surface area contributed by atoms with Crippen molar-refractivity contribution in [2.75, 3.05) is 19.4 Å². The van der Waals surface area contributed by atoms with Crippen LogP contribution in [0.1, 0.15) is 12.5 Å². The lowest BCUT2D eigenvalue weighted by Crippen LogP contribution is -2.41. The van der Waals surface area contributed by atoms with Gasteiger partial charge < -0.3 is 18.7 Å². The van der Waals surface area contributed by atoms with Crippen molar-refractivity contribution in [3.05, 3.63) is 96.6 Å². The lowest BCUT2D eigenvalue weighted by atomic mass is 10.2. The number of benzene rings is 3. The second-order valence-corrected chi connectivity index (χ2v) is 11.3. The van der Waals surface area contributed by atoms with E-state index >= 15 is 0 Å². The maximum absolute atomic E-state index is 13.9. The number of hydrogen-bond acceptors (Lipinski definition) is 8. The zero-order valence-electron chi connectivity index (χ0n) is 19.6. The first-order valence-electron chi connectivity index (χ1n) is 11.0. The summed E-state index contributed by atoms with van der Waals surface area (Å²) < 4.78 is 56.1. The second-order valence-electron chi connectivity index (χ2n) is 7.57. The van der Waals surface area contributed by atoms with E-state index in [-0.39, 0.29) is 18.1 Å². The normalized spacial score (nSPS) is 11.4. The van der Waals surface area contributed by atoms with Gasteiger partial charge in [-0.05, 0) is 36.8 Å². The van der Waals surface area contributed by atoms with Gasteiger partial charge in [-0.2, -0.15) is 0 Å². The molecule has 0 saturated heterocycles. The van der Waals surface area contributed by atoms with E-state index in [9.17, 15) is 22.6 Å². The molecule has 9 nitrogen and oxygen atoms in total. The molecule has 0 unspecified atom stereocenters. The van der Waals surface area contributed by atoms with Crippen LogP contribution in [0.15, 0.2) is 91.0 Å². The molecule has 0 radical (unpaired) electrons. The molecule has 3 aromatic rings. The Morgan fingerprint density at radius 3 is 1.75 bits per heavy atom. The Balaban J connectivity index is 1.94. The van der Waals surface area contributed by atoms with Crippen LogP contribution in [-0.4, -0.2) is 44.0 Å². The molecule has 190 valence electrons. The molecular formula is C25H26NO8PS. The molecule has 11 heteroatoms. The van der Waals surface area contributed by atoms with Crippen LogP contribution in [0.3, 0.4) is 0 Å². The van der Waals surface area contributed by atoms with E-state index in [1.807, 2.05) is 0 Å². The van der Waals surface area contributed by atoms with Gasteiger partial charge in [0, 0.05) is 0 Å². The molecule has 0 bridgehead atoms. The zero-order chi connectivity index (χ0) is 26.0. The molecule has 36 heavy (non-hydrogen) atoms. The summed E-state index contributed by atoms with van der Waals surface area (Å²) in [6, 6.07) is 24.3. The summed E-state index contributed by atoms with van der Waals surface area (Å²) in [5, 5.41) is -1.40. The third kappa shape index (κ3) is 7.96. The Hall–Kier alpha value is -3.62. The smallest absolute Gasteiger partial charge is 0.450 e. The van der Waals surface area contributed by atoms with Crippen LogP contribution in [0.25, 0.3) is 0 Å². The Kier molecular flexibility index (Phi) is 9.27. The van der Waals surface area contributed by atoms with Gasteiger partial charge in [-0.1, -0.05) is 66.7 Å². The van der Waals surface area contributed by atoms with Crippen LogP contribution in [0, 0.1) is 0 Å². The van der Waals surface area contributed by atoms with Crippen molar-refractivity contribution in [2.24, 2.45) is 0 Å². The van der Waals surface area contributed by atoms with Gasteiger partial charge in [0.1, 0.15) is 24.3 Å². The molecule has 0 fully saturated rings. The number of carbonyl (C=O) groups excluding carboxylic acids is 2. The Morgan fingerprint density at radius 1 is 0.806 bits per heavy atom. The Morgan fingerprint density at radius 2 is 1.28 bits per heavy atom. The van der Waals surface area contributed by atoms with E-state index in [2.05, 4.69) is 0 Å². The fourth-order valence-corrected chi connectivity index (χ4v) is 6.21. The lowest BCUT2D eigenvalue weighted by molar-refractivity contribution is -0.143. The van der Waals surface area contributed by atoms with Crippen LogP contribution in [-0.2, 0) is 29.7 Å². The fraction of sp³-hybridized carbons (Fsp3) is 0.200. The van der Waals surface area contributed by atoms with Gasteiger partial charge in [0.25, 0.3) is 0 Å². The van der Waals surface area contributed by atoms with Gasteiger partial charge in [-0.15, -0.1) is 0 Å². The fourth-order valence-electron chi connectivity index (χ4n) is 3.16. The first kappa shape index (κ1) is 27.0. The summed E-state index contributed by atoms with van der Waals surface area (Å²) in [6.07, 6.45) is -0.817. The number of amides is 1. The van der Waals surface area contributed by atoms with E-state index in [1.165, 1.54) is 24.3 Å². The molecular weight excluding hydrogens is 505 g/mol. The minimum atomic E-state index is -4.44. The molecule has 0 aliphatic heterocycles. The monoisotopic (exact) mass is 531 g/mol. The SMILES string of the molecule is CCOC(=O)CN(CP(=O)(Oc1ccccc1)Oc1ccccc1)C(=O)S(=O)(=O)Cc1ccccc1. The highest BCUT2D eigenvalue weighted by molar-refractivity contribution is 8.05. The first-order chi connectivity index (χ1) is 17.2. The van der Waals surface area contributed by atoms with Crippen LogP contribution in [0.4, 0.5) is 4.79 Å². The van der Waals surface area contributed by atoms with Crippen molar-refractivity contribution in [1.29, 1.82) is 0 Å². The summed E-state index contributed by atoms with van der Waals surface area (Å²) >= 11 is 0. The number of ether oxygens (including phenoxy) is 1. The number of rotatable bonds is 11. The summed E-state index contributed by atoms with van der Waals surface area (Å²) in [5.41, 5.74) is 0.381. The summed E-state index contributed by atoms with van der Waals surface area (Å²) in [7, 11) is -8.71. The predicted molar refractivity (Wildman–Crippen MR) is 134 cm³/mol. The van der Waals surface area contributed by atoms with Gasteiger partial charge in [0.15, 0.2) is 0 Å². The molecule has 1 amide bonds. The highest BCUT2D eigenvalue weighted by Crippen LogP contribution is 2.49. The number of esters is 1. The second kappa shape index (κ2) is 12.4. The molecule has 0 N–H and O–H groups in total. The summed E-state index contributed by atoms with van der Waals surface area (Å²) in [6.45, 7) is 0.815. The van der Waals surface area contributed by atoms with E-state index in [1.54, 1.807) is 73.7 Å². The van der Waals surface area contributed by atoms with Crippen molar-refractivity contribution in [3.63, 3.8) is 0 Å². The molecule has 0 aliphatic rings. The molecule has 3 aromatic carbocycles. The van der Waals surface area contributed by atoms with Crippen molar-refractivity contribution >= 4 is 28.6 Å². The van der Waals surface area contributed by atoms with Gasteiger partial charge in [0.05, 0.1) is 12.4 Å². The van der Waals surface area contributed by atoms with Crippen LogP contribution in [0.2, 0.25) is 0 Å². The topological polar surface area (TPSA) is 116 Å². The average Bonchev–Trinajstić information content (AvgIpc) is 2.85. The quantitative estimate of drug-likeness (QED) is 0.254. The van der Waals surface area contributed by atoms with Crippen molar-refractivity contribution in [2.45, 2.75) is 12.7 Å². The predicted octanol–water partition coefficient (Wildman–Crippen LogP) is 4.90. The molecule has 0 heterocycles. The highest BCUT2D eigenvalue weighted by Gasteiger charge is 2.39. The maximum atomic E-state index is 13.9. The molecule has 0 aromatic heterocycles. The number of sulfone groups is 1. The average molecular weight is 532 g/mol. The lowest BCUT2D eigenvalue weighted by Gasteiger charge is -2.27. The minimum Gasteiger partial charge on any atom is -0.465 e. The number of hydrogen-bond donors (Lipinski definition) is 0. The van der Waals surface area contributed by atoms with Gasteiger partial charge in [0.2, 0.25) is 9.84 Å². The summed E-state index contributed by atoms with van der Waals surface area (Å²) in [4.78, 5) is 26.1. The number of nitrogens with zero attached hydrogens (tertiary/aromatic N) is 1. The third-order valence-electron chi connectivity index (χ3n) is 4.67. The Labute approximate surface area is 210 Å². The molecule has 0 aliphatic carbocycles. The molecule has 0 atom stereocenters. The summed E-state index contributed by atoms with van der Waals surface area (Å²) in [5.74, 6) is -1.12. The first-order valence-corrected chi connectivity index (χ1v) is 14.4. The van der Waals surface area contributed by atoms with Gasteiger partial charge >= 0.3 is 18.8 Å². The van der Waals surface area contributed by atoms with Crippen molar-refractivity contribution in [1.82, 2.24) is 4.90 Å². The van der Waals surface area contributed by atoms with Gasteiger partial charge in [-0.25, -0.2) is 13.0 Å². The van der Waals surface area contributed by atoms with Crippen LogP contribution >= 0.6 is 7.60 Å². The van der Waals surface area contributed by atoms with Crippen LogP contribution in [0.5, 0.6) is 11.5 Å². The standard InChI is InChI=1S/C25H26NO8PS/c1-2-32-24(27)18-26(25(28)36(30,31)19-21-12-6-3-7-13-21)20-35(29,33-22-14-8-4-9-15-22)34-23-16-10-5-11-17-23/h3-17H,2,18-20H2,1H3. The molecule has 3 rings (SSSR count). The highest BCUT2D eigenvalue weighted by atomic mass is 32.2. The van der Waals surface area contributed by atoms with E-state index in [0.717, 1.165) is 0 Å².